The van der Waals surface area contributed by atoms with Crippen LogP contribution < -0.4 is 16.0 Å². The Hall–Kier alpha value is -3.55. The van der Waals surface area contributed by atoms with Crippen LogP contribution in [0.1, 0.15) is 77.8 Å². The molecule has 39 heavy (non-hydrogen) atoms. The minimum absolute atomic E-state index is 0.0423. The van der Waals surface area contributed by atoms with Crippen LogP contribution in [0, 0.1) is 5.92 Å². The number of carbonyl (C=O) groups excluding carboxylic acids is 3. The van der Waals surface area contributed by atoms with E-state index in [0.717, 1.165) is 41.5 Å². The number of amides is 3. The molecule has 1 unspecified atom stereocenters. The van der Waals surface area contributed by atoms with E-state index >= 15 is 0 Å². The molecular weight excluding hydrogens is 494 g/mol. The molecule has 2 aromatic rings. The van der Waals surface area contributed by atoms with E-state index in [4.69, 9.17) is 9.47 Å². The number of hydrogen-bond donors (Lipinski definition) is 3. The molecule has 0 spiro atoms. The van der Waals surface area contributed by atoms with Gasteiger partial charge in [0.2, 0.25) is 5.91 Å². The maximum Gasteiger partial charge on any atom is 0.407 e. The summed E-state index contributed by atoms with van der Waals surface area (Å²) < 4.78 is 10.9. The largest absolute Gasteiger partial charge is 0.449 e. The third kappa shape index (κ3) is 8.73. The third-order valence-electron chi connectivity index (χ3n) is 6.69. The van der Waals surface area contributed by atoms with E-state index in [0.29, 0.717) is 6.54 Å². The van der Waals surface area contributed by atoms with Crippen LogP contribution in [-0.4, -0.2) is 48.9 Å². The van der Waals surface area contributed by atoms with Gasteiger partial charge in [-0.3, -0.25) is 4.79 Å². The van der Waals surface area contributed by atoms with Crippen LogP contribution in [0.3, 0.4) is 0 Å². The molecule has 2 aromatic carbocycles. The number of hydrogen-bond acceptors (Lipinski definition) is 5. The molecule has 212 valence electrons. The fourth-order valence-electron chi connectivity index (χ4n) is 4.79. The van der Waals surface area contributed by atoms with Crippen molar-refractivity contribution in [2.24, 2.45) is 5.92 Å². The first-order valence-corrected chi connectivity index (χ1v) is 13.8. The van der Waals surface area contributed by atoms with Crippen molar-refractivity contribution in [3.05, 3.63) is 59.7 Å². The van der Waals surface area contributed by atoms with Crippen molar-refractivity contribution in [1.29, 1.82) is 0 Å². The van der Waals surface area contributed by atoms with Crippen molar-refractivity contribution in [3.63, 3.8) is 0 Å². The Morgan fingerprint density at radius 2 is 1.44 bits per heavy atom. The van der Waals surface area contributed by atoms with Crippen molar-refractivity contribution in [2.45, 2.75) is 84.4 Å². The van der Waals surface area contributed by atoms with E-state index in [1.807, 2.05) is 65.8 Å². The summed E-state index contributed by atoms with van der Waals surface area (Å²) >= 11 is 0. The molecule has 1 aliphatic rings. The average molecular weight is 538 g/mol. The van der Waals surface area contributed by atoms with Gasteiger partial charge in [-0.15, -0.1) is 0 Å². The topological polar surface area (TPSA) is 106 Å². The van der Waals surface area contributed by atoms with Gasteiger partial charge in [0, 0.05) is 18.5 Å². The molecule has 0 aromatic heterocycles. The Morgan fingerprint density at radius 1 is 0.846 bits per heavy atom. The molecule has 0 fully saturated rings. The van der Waals surface area contributed by atoms with Crippen LogP contribution >= 0.6 is 0 Å². The summed E-state index contributed by atoms with van der Waals surface area (Å²) in [5, 5.41) is 8.51. The SMILES string of the molecule is CC(C)C(NC(=O)OCC1c2ccccc2-c2ccccc21)C(=O)N[C@@H](C)CCCCNC(=O)OC(C)(C)C. The molecule has 3 rings (SSSR count). The van der Waals surface area contributed by atoms with Crippen molar-refractivity contribution in [1.82, 2.24) is 16.0 Å². The van der Waals surface area contributed by atoms with Gasteiger partial charge >= 0.3 is 12.2 Å². The Labute approximate surface area is 232 Å². The van der Waals surface area contributed by atoms with Crippen molar-refractivity contribution < 1.29 is 23.9 Å². The van der Waals surface area contributed by atoms with Gasteiger partial charge in [0.15, 0.2) is 0 Å². The highest BCUT2D eigenvalue weighted by Crippen LogP contribution is 2.44. The van der Waals surface area contributed by atoms with Gasteiger partial charge in [-0.25, -0.2) is 9.59 Å². The molecule has 3 amide bonds. The second-order valence-electron chi connectivity index (χ2n) is 11.5. The Bertz CT molecular complexity index is 1100. The lowest BCUT2D eigenvalue weighted by atomic mass is 9.98. The molecule has 8 nitrogen and oxygen atoms in total. The van der Waals surface area contributed by atoms with Crippen LogP contribution in [0.2, 0.25) is 0 Å². The maximum absolute atomic E-state index is 13.0. The maximum atomic E-state index is 13.0. The molecule has 3 N–H and O–H groups in total. The van der Waals surface area contributed by atoms with Gasteiger partial charge in [0.05, 0.1) is 0 Å². The number of unbranched alkanes of at least 4 members (excludes halogenated alkanes) is 1. The number of alkyl carbamates (subject to hydrolysis) is 2. The Morgan fingerprint density at radius 3 is 2.00 bits per heavy atom. The first-order chi connectivity index (χ1) is 18.5. The fourth-order valence-corrected chi connectivity index (χ4v) is 4.79. The van der Waals surface area contributed by atoms with E-state index in [-0.39, 0.29) is 30.4 Å². The Balaban J connectivity index is 1.44. The van der Waals surface area contributed by atoms with E-state index in [9.17, 15) is 14.4 Å². The lowest BCUT2D eigenvalue weighted by Crippen LogP contribution is -2.51. The number of fused-ring (bicyclic) bond motifs is 3. The zero-order chi connectivity index (χ0) is 28.6. The smallest absolute Gasteiger partial charge is 0.407 e. The fraction of sp³-hybridized carbons (Fsp3) is 0.516. The highest BCUT2D eigenvalue weighted by atomic mass is 16.6. The normalized spacial score (nSPS) is 14.1. The van der Waals surface area contributed by atoms with Gasteiger partial charge in [0.1, 0.15) is 18.2 Å². The molecule has 0 saturated carbocycles. The molecule has 0 aliphatic heterocycles. The molecule has 0 bridgehead atoms. The van der Waals surface area contributed by atoms with Crippen molar-refractivity contribution >= 4 is 18.1 Å². The summed E-state index contributed by atoms with van der Waals surface area (Å²) in [7, 11) is 0. The number of nitrogens with one attached hydrogen (secondary N) is 3. The van der Waals surface area contributed by atoms with Gasteiger partial charge < -0.3 is 25.4 Å². The minimum atomic E-state index is -0.711. The quantitative estimate of drug-likeness (QED) is 0.317. The zero-order valence-electron chi connectivity index (χ0n) is 24.0. The molecule has 0 radical (unpaired) electrons. The van der Waals surface area contributed by atoms with Crippen LogP contribution in [0.25, 0.3) is 11.1 Å². The lowest BCUT2D eigenvalue weighted by molar-refractivity contribution is -0.124. The summed E-state index contributed by atoms with van der Waals surface area (Å²) in [6.45, 7) is 11.9. The van der Waals surface area contributed by atoms with Gasteiger partial charge in [-0.05, 0) is 75.1 Å². The van der Waals surface area contributed by atoms with Crippen LogP contribution in [0.4, 0.5) is 9.59 Å². The second-order valence-corrected chi connectivity index (χ2v) is 11.5. The van der Waals surface area contributed by atoms with Crippen molar-refractivity contribution in [2.75, 3.05) is 13.2 Å². The van der Waals surface area contributed by atoms with Gasteiger partial charge in [-0.1, -0.05) is 62.4 Å². The highest BCUT2D eigenvalue weighted by molar-refractivity contribution is 5.86. The summed E-state index contributed by atoms with van der Waals surface area (Å²) in [5.74, 6) is -0.395. The first kappa shape index (κ1) is 30.0. The number of rotatable bonds is 11. The second kappa shape index (κ2) is 13.5. The lowest BCUT2D eigenvalue weighted by Gasteiger charge is -2.24. The molecule has 8 heteroatoms. The third-order valence-corrected chi connectivity index (χ3v) is 6.69. The van der Waals surface area contributed by atoms with E-state index in [2.05, 4.69) is 40.2 Å². The zero-order valence-corrected chi connectivity index (χ0v) is 24.0. The van der Waals surface area contributed by atoms with Crippen LogP contribution in [0.5, 0.6) is 0 Å². The molecule has 0 heterocycles. The summed E-state index contributed by atoms with van der Waals surface area (Å²) in [6, 6.07) is 15.5. The van der Waals surface area contributed by atoms with Crippen molar-refractivity contribution in [3.8, 4) is 11.1 Å². The summed E-state index contributed by atoms with van der Waals surface area (Å²) in [5.41, 5.74) is 4.08. The number of benzene rings is 2. The Kier molecular flexibility index (Phi) is 10.4. The van der Waals surface area contributed by atoms with Gasteiger partial charge in [-0.2, -0.15) is 0 Å². The molecule has 2 atom stereocenters. The van der Waals surface area contributed by atoms with E-state index in [1.165, 1.54) is 0 Å². The summed E-state index contributed by atoms with van der Waals surface area (Å²) in [4.78, 5) is 37.5. The minimum Gasteiger partial charge on any atom is -0.449 e. The first-order valence-electron chi connectivity index (χ1n) is 13.8. The number of ether oxygens (including phenoxy) is 2. The van der Waals surface area contributed by atoms with E-state index < -0.39 is 23.8 Å². The average Bonchev–Trinajstić information content (AvgIpc) is 3.18. The van der Waals surface area contributed by atoms with Crippen LogP contribution in [-0.2, 0) is 14.3 Å². The van der Waals surface area contributed by atoms with E-state index in [1.54, 1.807) is 0 Å². The highest BCUT2D eigenvalue weighted by Gasteiger charge is 2.30. The van der Waals surface area contributed by atoms with Crippen LogP contribution in [0.15, 0.2) is 48.5 Å². The predicted molar refractivity (Wildman–Crippen MR) is 153 cm³/mol. The predicted octanol–water partition coefficient (Wildman–Crippen LogP) is 5.75. The molecule has 0 saturated heterocycles. The summed E-state index contributed by atoms with van der Waals surface area (Å²) in [6.07, 6.45) is 1.31. The standard InChI is InChI=1S/C31H43N3O5/c1-20(2)27(28(35)33-21(3)13-11-12-18-32-29(36)39-31(4,5)6)34-30(37)38-19-26-24-16-9-7-14-22(24)23-15-8-10-17-25(23)26/h7-10,14-17,20-21,26-27H,11-13,18-19H2,1-6H3,(H,32,36)(H,33,35)(H,34,37)/t21-,27?/m0/s1. The molecule has 1 aliphatic carbocycles. The van der Waals surface area contributed by atoms with Gasteiger partial charge in [0.25, 0.3) is 0 Å². The molecular formula is C31H43N3O5. The number of carbonyl (C=O) groups is 3. The monoisotopic (exact) mass is 537 g/mol.